The summed E-state index contributed by atoms with van der Waals surface area (Å²) in [4.78, 5) is 24.8. The van der Waals surface area contributed by atoms with E-state index >= 15 is 0 Å². The van der Waals surface area contributed by atoms with E-state index in [0.717, 1.165) is 14.8 Å². The molecular formula is C21H20Cl2IN5O2S. The summed E-state index contributed by atoms with van der Waals surface area (Å²) in [7, 11) is 0. The van der Waals surface area contributed by atoms with E-state index in [4.69, 9.17) is 23.2 Å². The van der Waals surface area contributed by atoms with Crippen molar-refractivity contribution in [3.63, 3.8) is 0 Å². The first-order chi connectivity index (χ1) is 15.3. The first-order valence-electron chi connectivity index (χ1n) is 9.62. The average molecular weight is 604 g/mol. The molecule has 11 heteroatoms. The SMILES string of the molecule is CCn1c(CNC(=O)c2ccc(Cl)cc2Cl)nnc1SCC(=O)Nc1ccc(I)cc1C. The predicted molar refractivity (Wildman–Crippen MR) is 137 cm³/mol. The maximum Gasteiger partial charge on any atom is 0.253 e. The van der Waals surface area contributed by atoms with E-state index in [0.29, 0.717) is 28.1 Å². The number of anilines is 1. The minimum Gasteiger partial charge on any atom is -0.345 e. The van der Waals surface area contributed by atoms with Crippen LogP contribution in [0.2, 0.25) is 10.0 Å². The number of amides is 2. The Labute approximate surface area is 213 Å². The van der Waals surface area contributed by atoms with Crippen LogP contribution in [0.25, 0.3) is 0 Å². The van der Waals surface area contributed by atoms with E-state index < -0.39 is 0 Å². The lowest BCUT2D eigenvalue weighted by molar-refractivity contribution is -0.113. The van der Waals surface area contributed by atoms with Gasteiger partial charge in [-0.05, 0) is 78.4 Å². The van der Waals surface area contributed by atoms with Crippen molar-refractivity contribution < 1.29 is 9.59 Å². The van der Waals surface area contributed by atoms with E-state index in [1.165, 1.54) is 17.8 Å². The van der Waals surface area contributed by atoms with E-state index in [-0.39, 0.29) is 29.1 Å². The van der Waals surface area contributed by atoms with E-state index in [2.05, 4.69) is 43.4 Å². The monoisotopic (exact) mass is 603 g/mol. The van der Waals surface area contributed by atoms with E-state index in [1.54, 1.807) is 12.1 Å². The average Bonchev–Trinajstić information content (AvgIpc) is 3.14. The van der Waals surface area contributed by atoms with Crippen molar-refractivity contribution in [2.24, 2.45) is 0 Å². The molecule has 0 radical (unpaired) electrons. The number of nitrogens with one attached hydrogen (secondary N) is 2. The Bertz CT molecular complexity index is 1160. The first kappa shape index (κ1) is 24.8. The van der Waals surface area contributed by atoms with Crippen LogP contribution in [-0.4, -0.2) is 32.3 Å². The molecule has 1 aromatic heterocycles. The van der Waals surface area contributed by atoms with Gasteiger partial charge in [0.1, 0.15) is 0 Å². The van der Waals surface area contributed by atoms with Crippen molar-refractivity contribution in [3.8, 4) is 0 Å². The Kier molecular flexibility index (Phi) is 8.80. The molecule has 3 aromatic rings. The molecular weight excluding hydrogens is 584 g/mol. The van der Waals surface area contributed by atoms with Crippen molar-refractivity contribution in [1.29, 1.82) is 0 Å². The summed E-state index contributed by atoms with van der Waals surface area (Å²) in [5, 5.41) is 15.4. The molecule has 0 fully saturated rings. The molecule has 32 heavy (non-hydrogen) atoms. The van der Waals surface area contributed by atoms with Gasteiger partial charge in [-0.2, -0.15) is 0 Å². The second-order valence-corrected chi connectivity index (χ2v) is 9.78. The largest absolute Gasteiger partial charge is 0.345 e. The molecule has 0 saturated heterocycles. The molecule has 7 nitrogen and oxygen atoms in total. The summed E-state index contributed by atoms with van der Waals surface area (Å²) in [6, 6.07) is 10.5. The molecule has 168 valence electrons. The van der Waals surface area contributed by atoms with Crippen LogP contribution in [-0.2, 0) is 17.9 Å². The smallest absolute Gasteiger partial charge is 0.253 e. The fraction of sp³-hybridized carbons (Fsp3) is 0.238. The summed E-state index contributed by atoms with van der Waals surface area (Å²) < 4.78 is 2.97. The van der Waals surface area contributed by atoms with Gasteiger partial charge >= 0.3 is 0 Å². The van der Waals surface area contributed by atoms with Crippen molar-refractivity contribution in [2.45, 2.75) is 32.1 Å². The van der Waals surface area contributed by atoms with Crippen LogP contribution in [0, 0.1) is 10.5 Å². The van der Waals surface area contributed by atoms with Crippen LogP contribution in [0.1, 0.15) is 28.7 Å². The highest BCUT2D eigenvalue weighted by atomic mass is 127. The third kappa shape index (κ3) is 6.37. The maximum atomic E-state index is 12.4. The number of nitrogens with zero attached hydrogens (tertiary/aromatic N) is 3. The van der Waals surface area contributed by atoms with Crippen LogP contribution in [0.3, 0.4) is 0 Å². The number of thioether (sulfide) groups is 1. The number of halogens is 3. The Morgan fingerprint density at radius 2 is 1.94 bits per heavy atom. The highest BCUT2D eigenvalue weighted by Gasteiger charge is 2.16. The summed E-state index contributed by atoms with van der Waals surface area (Å²) in [5.41, 5.74) is 2.12. The molecule has 0 spiro atoms. The molecule has 0 aliphatic heterocycles. The number of carbonyl (C=O) groups is 2. The standard InChI is InChI=1S/C21H20Cl2IN5O2S/c1-3-29-18(10-25-20(31)15-6-4-13(22)9-16(15)23)27-28-21(29)32-11-19(30)26-17-7-5-14(24)8-12(17)2/h4-9H,3,10-11H2,1-2H3,(H,25,31)(H,26,30). The van der Waals surface area contributed by atoms with Crippen LogP contribution in [0.5, 0.6) is 0 Å². The van der Waals surface area contributed by atoms with Gasteiger partial charge in [0.05, 0.1) is 22.9 Å². The topological polar surface area (TPSA) is 88.9 Å². The summed E-state index contributed by atoms with van der Waals surface area (Å²) >= 11 is 15.5. The third-order valence-electron chi connectivity index (χ3n) is 4.49. The Morgan fingerprint density at radius 1 is 1.16 bits per heavy atom. The van der Waals surface area contributed by atoms with Gasteiger partial charge in [0, 0.05) is 20.8 Å². The second kappa shape index (κ2) is 11.4. The quantitative estimate of drug-likeness (QED) is 0.274. The summed E-state index contributed by atoms with van der Waals surface area (Å²) in [6.45, 7) is 4.67. The maximum absolute atomic E-state index is 12.4. The zero-order valence-corrected chi connectivity index (χ0v) is 21.8. The molecule has 0 atom stereocenters. The highest BCUT2D eigenvalue weighted by molar-refractivity contribution is 14.1. The van der Waals surface area contributed by atoms with Crippen LogP contribution >= 0.6 is 57.6 Å². The molecule has 0 saturated carbocycles. The summed E-state index contributed by atoms with van der Waals surface area (Å²) in [6.07, 6.45) is 0. The Balaban J connectivity index is 1.59. The summed E-state index contributed by atoms with van der Waals surface area (Å²) in [5.74, 6) is 0.314. The molecule has 0 aliphatic rings. The van der Waals surface area contributed by atoms with Gasteiger partial charge in [-0.15, -0.1) is 10.2 Å². The number of carbonyl (C=O) groups excluding carboxylic acids is 2. The zero-order chi connectivity index (χ0) is 23.3. The fourth-order valence-corrected chi connectivity index (χ4v) is 4.85. The van der Waals surface area contributed by atoms with Gasteiger partial charge in [-0.1, -0.05) is 35.0 Å². The number of rotatable bonds is 8. The minimum atomic E-state index is -0.334. The molecule has 0 aliphatic carbocycles. The van der Waals surface area contributed by atoms with E-state index in [1.807, 2.05) is 36.6 Å². The van der Waals surface area contributed by atoms with Gasteiger partial charge < -0.3 is 15.2 Å². The Morgan fingerprint density at radius 3 is 2.62 bits per heavy atom. The van der Waals surface area contributed by atoms with Crippen molar-refractivity contribution in [3.05, 3.63) is 67.0 Å². The lowest BCUT2D eigenvalue weighted by atomic mass is 10.2. The zero-order valence-electron chi connectivity index (χ0n) is 17.3. The van der Waals surface area contributed by atoms with Gasteiger partial charge in [-0.3, -0.25) is 9.59 Å². The molecule has 2 aromatic carbocycles. The number of hydrogen-bond acceptors (Lipinski definition) is 5. The van der Waals surface area contributed by atoms with Gasteiger partial charge in [0.2, 0.25) is 5.91 Å². The molecule has 1 heterocycles. The van der Waals surface area contributed by atoms with Gasteiger partial charge in [-0.25, -0.2) is 0 Å². The van der Waals surface area contributed by atoms with Gasteiger partial charge in [0.25, 0.3) is 5.91 Å². The molecule has 3 rings (SSSR count). The van der Waals surface area contributed by atoms with Crippen molar-refractivity contribution in [2.75, 3.05) is 11.1 Å². The van der Waals surface area contributed by atoms with Gasteiger partial charge in [0.15, 0.2) is 11.0 Å². The highest BCUT2D eigenvalue weighted by Crippen LogP contribution is 2.22. The normalized spacial score (nSPS) is 10.8. The lowest BCUT2D eigenvalue weighted by Gasteiger charge is -2.10. The molecule has 0 unspecified atom stereocenters. The number of benzene rings is 2. The second-order valence-electron chi connectivity index (χ2n) is 6.75. The minimum absolute atomic E-state index is 0.128. The third-order valence-corrected chi connectivity index (χ3v) is 6.67. The van der Waals surface area contributed by atoms with Crippen molar-refractivity contribution in [1.82, 2.24) is 20.1 Å². The number of hydrogen-bond donors (Lipinski definition) is 2. The fourth-order valence-electron chi connectivity index (χ4n) is 2.89. The van der Waals surface area contributed by atoms with Crippen LogP contribution < -0.4 is 10.6 Å². The number of aryl methyl sites for hydroxylation is 1. The first-order valence-corrected chi connectivity index (χ1v) is 12.4. The number of aromatic nitrogens is 3. The van der Waals surface area contributed by atoms with Crippen molar-refractivity contribution >= 4 is 75.1 Å². The Hall–Kier alpha value is -1.82. The lowest BCUT2D eigenvalue weighted by Crippen LogP contribution is -2.25. The van der Waals surface area contributed by atoms with E-state index in [9.17, 15) is 9.59 Å². The molecule has 2 N–H and O–H groups in total. The molecule has 2 amide bonds. The molecule has 0 bridgehead atoms. The predicted octanol–water partition coefficient (Wildman–Crippen LogP) is 5.18. The van der Waals surface area contributed by atoms with Crippen LogP contribution in [0.15, 0.2) is 41.6 Å². The van der Waals surface area contributed by atoms with Crippen LogP contribution in [0.4, 0.5) is 5.69 Å².